The van der Waals surface area contributed by atoms with E-state index in [4.69, 9.17) is 0 Å². The third-order valence-electron chi connectivity index (χ3n) is 6.98. The van der Waals surface area contributed by atoms with E-state index < -0.39 is 0 Å². The maximum Gasteiger partial charge on any atom is 0.0993 e. The van der Waals surface area contributed by atoms with Crippen LogP contribution in [0.4, 0.5) is 0 Å². The van der Waals surface area contributed by atoms with Gasteiger partial charge in [-0.1, -0.05) is 60.7 Å². The number of fused-ring (bicyclic) bond motifs is 6. The van der Waals surface area contributed by atoms with Gasteiger partial charge in [0.2, 0.25) is 0 Å². The number of nitrogens with zero attached hydrogens (tertiary/aromatic N) is 3. The van der Waals surface area contributed by atoms with E-state index in [1.807, 2.05) is 12.1 Å². The van der Waals surface area contributed by atoms with Crippen molar-refractivity contribution in [2.24, 2.45) is 0 Å². The standard InChI is InChI=1S/C31H21N3/c32-20-21-17-22(33-28-13-5-1-9-24(28)25-10-2-6-14-29(25)33)19-23(18-21)34-30-15-7-3-11-26(30)27-12-4-8-16-31(27)34/h1-3,5-11,13-19H,4,12H2. The minimum absolute atomic E-state index is 0.653. The van der Waals surface area contributed by atoms with Crippen LogP contribution in [0.1, 0.15) is 23.2 Å². The molecule has 3 nitrogen and oxygen atoms in total. The first-order valence-corrected chi connectivity index (χ1v) is 11.7. The predicted molar refractivity (Wildman–Crippen MR) is 140 cm³/mol. The van der Waals surface area contributed by atoms with E-state index in [1.165, 1.54) is 32.9 Å². The van der Waals surface area contributed by atoms with E-state index in [0.29, 0.717) is 5.56 Å². The molecule has 0 saturated carbocycles. The lowest BCUT2D eigenvalue weighted by Gasteiger charge is -2.15. The van der Waals surface area contributed by atoms with Crippen LogP contribution in [0.15, 0.2) is 97.1 Å². The molecule has 0 fully saturated rings. The van der Waals surface area contributed by atoms with E-state index in [-0.39, 0.29) is 0 Å². The fourth-order valence-electron chi connectivity index (χ4n) is 5.58. The van der Waals surface area contributed by atoms with Gasteiger partial charge in [-0.15, -0.1) is 0 Å². The second-order valence-corrected chi connectivity index (χ2v) is 8.88. The highest BCUT2D eigenvalue weighted by molar-refractivity contribution is 6.09. The Morgan fingerprint density at radius 1 is 0.647 bits per heavy atom. The summed E-state index contributed by atoms with van der Waals surface area (Å²) in [7, 11) is 0. The lowest BCUT2D eigenvalue weighted by molar-refractivity contribution is 0.966. The zero-order valence-corrected chi connectivity index (χ0v) is 18.6. The molecule has 0 unspecified atom stereocenters. The van der Waals surface area contributed by atoms with Gasteiger partial charge in [0.15, 0.2) is 0 Å². The summed E-state index contributed by atoms with van der Waals surface area (Å²) < 4.78 is 4.60. The number of hydrogen-bond acceptors (Lipinski definition) is 1. The topological polar surface area (TPSA) is 33.6 Å². The van der Waals surface area contributed by atoms with Crippen molar-refractivity contribution in [3.63, 3.8) is 0 Å². The van der Waals surface area contributed by atoms with Crippen LogP contribution in [-0.2, 0) is 6.42 Å². The number of aryl methyl sites for hydroxylation is 1. The third kappa shape index (κ3) is 2.63. The highest BCUT2D eigenvalue weighted by atomic mass is 15.0. The van der Waals surface area contributed by atoms with Gasteiger partial charge in [-0.05, 0) is 60.9 Å². The smallest absolute Gasteiger partial charge is 0.0993 e. The SMILES string of the molecule is N#Cc1cc(-n2c3c(c4ccccc42)CCC=C3)cc(-n2c3ccccc3c3ccccc32)c1. The number of para-hydroxylation sites is 3. The molecule has 0 aliphatic heterocycles. The highest BCUT2D eigenvalue weighted by Crippen LogP contribution is 2.36. The van der Waals surface area contributed by atoms with Crippen LogP contribution in [0.3, 0.4) is 0 Å². The molecule has 0 saturated heterocycles. The summed E-state index contributed by atoms with van der Waals surface area (Å²) in [5, 5.41) is 13.7. The largest absolute Gasteiger partial charge is 0.309 e. The number of nitriles is 1. The molecule has 160 valence electrons. The van der Waals surface area contributed by atoms with Crippen molar-refractivity contribution < 1.29 is 0 Å². The van der Waals surface area contributed by atoms with Gasteiger partial charge < -0.3 is 9.13 Å². The molecule has 0 atom stereocenters. The first-order chi connectivity index (χ1) is 16.8. The van der Waals surface area contributed by atoms with Crippen LogP contribution in [-0.4, -0.2) is 9.13 Å². The molecule has 0 spiro atoms. The number of hydrogen-bond donors (Lipinski definition) is 0. The van der Waals surface area contributed by atoms with E-state index in [9.17, 15) is 5.26 Å². The summed E-state index contributed by atoms with van der Waals surface area (Å²) in [6, 6.07) is 34.2. The fraction of sp³-hybridized carbons (Fsp3) is 0.0645. The number of allylic oxidation sites excluding steroid dienone is 1. The summed E-state index contributed by atoms with van der Waals surface area (Å²) in [5.41, 5.74) is 8.74. The van der Waals surface area contributed by atoms with Gasteiger partial charge in [0.05, 0.1) is 28.2 Å². The Hall–Kier alpha value is -4.55. The Kier molecular flexibility index (Phi) is 4.03. The molecule has 0 radical (unpaired) electrons. The molecule has 34 heavy (non-hydrogen) atoms. The highest BCUT2D eigenvalue weighted by Gasteiger charge is 2.20. The average molecular weight is 436 g/mol. The zero-order valence-electron chi connectivity index (χ0n) is 18.6. The van der Waals surface area contributed by atoms with Crippen molar-refractivity contribution in [3.8, 4) is 17.4 Å². The van der Waals surface area contributed by atoms with Crippen LogP contribution in [0, 0.1) is 11.3 Å². The van der Waals surface area contributed by atoms with E-state index >= 15 is 0 Å². The summed E-state index contributed by atoms with van der Waals surface area (Å²) in [4.78, 5) is 0. The van der Waals surface area contributed by atoms with E-state index in [1.54, 1.807) is 0 Å². The number of rotatable bonds is 2. The van der Waals surface area contributed by atoms with E-state index in [2.05, 4.69) is 106 Å². The fourth-order valence-corrected chi connectivity index (χ4v) is 5.58. The number of benzene rings is 4. The van der Waals surface area contributed by atoms with Crippen LogP contribution >= 0.6 is 0 Å². The van der Waals surface area contributed by atoms with Crippen molar-refractivity contribution in [3.05, 3.63) is 114 Å². The zero-order chi connectivity index (χ0) is 22.6. The van der Waals surface area contributed by atoms with Gasteiger partial charge in [-0.2, -0.15) is 5.26 Å². The molecule has 7 rings (SSSR count). The average Bonchev–Trinajstić information content (AvgIpc) is 3.42. The van der Waals surface area contributed by atoms with Gasteiger partial charge in [0.1, 0.15) is 0 Å². The molecule has 4 aromatic carbocycles. The Morgan fingerprint density at radius 3 is 1.85 bits per heavy atom. The van der Waals surface area contributed by atoms with Crippen LogP contribution < -0.4 is 0 Å². The molecule has 0 N–H and O–H groups in total. The lowest BCUT2D eigenvalue weighted by atomic mass is 10.0. The predicted octanol–water partition coefficient (Wildman–Crippen LogP) is 7.56. The molecule has 2 aromatic heterocycles. The number of aromatic nitrogens is 2. The normalized spacial score (nSPS) is 12.9. The monoisotopic (exact) mass is 435 g/mol. The lowest BCUT2D eigenvalue weighted by Crippen LogP contribution is -2.03. The first-order valence-electron chi connectivity index (χ1n) is 11.7. The Morgan fingerprint density at radius 2 is 1.21 bits per heavy atom. The quantitative estimate of drug-likeness (QED) is 0.276. The Labute approximate surface area is 197 Å². The molecular weight excluding hydrogens is 414 g/mol. The third-order valence-corrected chi connectivity index (χ3v) is 6.98. The Balaban J connectivity index is 1.58. The summed E-state index contributed by atoms with van der Waals surface area (Å²) in [6.07, 6.45) is 6.58. The summed E-state index contributed by atoms with van der Waals surface area (Å²) in [5.74, 6) is 0. The van der Waals surface area contributed by atoms with Crippen LogP contribution in [0.25, 0.3) is 50.2 Å². The summed E-state index contributed by atoms with van der Waals surface area (Å²) >= 11 is 0. The van der Waals surface area contributed by atoms with Gasteiger partial charge in [0.25, 0.3) is 0 Å². The van der Waals surface area contributed by atoms with Crippen molar-refractivity contribution in [2.45, 2.75) is 12.8 Å². The van der Waals surface area contributed by atoms with Gasteiger partial charge in [-0.3, -0.25) is 0 Å². The molecule has 0 amide bonds. The molecule has 3 heteroatoms. The van der Waals surface area contributed by atoms with Gasteiger partial charge in [-0.25, -0.2) is 0 Å². The van der Waals surface area contributed by atoms with Gasteiger partial charge in [0, 0.05) is 33.2 Å². The second-order valence-electron chi connectivity index (χ2n) is 8.88. The van der Waals surface area contributed by atoms with Crippen LogP contribution in [0.2, 0.25) is 0 Å². The Bertz CT molecular complexity index is 1770. The molecule has 1 aliphatic rings. The molecular formula is C31H21N3. The molecule has 0 bridgehead atoms. The minimum Gasteiger partial charge on any atom is -0.309 e. The maximum absolute atomic E-state index is 9.98. The minimum atomic E-state index is 0.653. The van der Waals surface area contributed by atoms with E-state index in [0.717, 1.165) is 35.2 Å². The molecule has 1 aliphatic carbocycles. The molecule has 6 aromatic rings. The maximum atomic E-state index is 9.98. The van der Waals surface area contributed by atoms with Crippen molar-refractivity contribution in [1.82, 2.24) is 9.13 Å². The van der Waals surface area contributed by atoms with Crippen molar-refractivity contribution in [2.75, 3.05) is 0 Å². The van der Waals surface area contributed by atoms with Crippen molar-refractivity contribution in [1.29, 1.82) is 5.26 Å². The van der Waals surface area contributed by atoms with Gasteiger partial charge >= 0.3 is 0 Å². The van der Waals surface area contributed by atoms with Crippen LogP contribution in [0.5, 0.6) is 0 Å². The molecule has 2 heterocycles. The first kappa shape index (κ1) is 19.0. The second kappa shape index (κ2) is 7.23. The summed E-state index contributed by atoms with van der Waals surface area (Å²) in [6.45, 7) is 0. The van der Waals surface area contributed by atoms with Crippen molar-refractivity contribution >= 4 is 38.8 Å².